The van der Waals surface area contributed by atoms with Gasteiger partial charge >= 0.3 is 5.97 Å². The normalized spacial score (nSPS) is 29.7. The van der Waals surface area contributed by atoms with Crippen molar-refractivity contribution in [2.75, 3.05) is 38.1 Å². The van der Waals surface area contributed by atoms with Crippen LogP contribution in [0, 0.1) is 5.92 Å². The molecule has 3 N–H and O–H groups in total. The summed E-state index contributed by atoms with van der Waals surface area (Å²) in [6.07, 6.45) is -0.379. The van der Waals surface area contributed by atoms with Gasteiger partial charge in [0.15, 0.2) is 5.60 Å². The molecule has 3 aromatic rings. The minimum atomic E-state index is -1.90. The third-order valence-electron chi connectivity index (χ3n) is 8.85. The number of aliphatic hydroxyl groups excluding tert-OH is 3. The summed E-state index contributed by atoms with van der Waals surface area (Å²) in [5.41, 5.74) is 2.71. The molecule has 10 heteroatoms. The average Bonchev–Trinajstić information content (AvgIpc) is 3.28. The van der Waals surface area contributed by atoms with E-state index >= 15 is 4.39 Å². The van der Waals surface area contributed by atoms with E-state index in [1.807, 2.05) is 49.3 Å². The minimum absolute atomic E-state index is 0.230. The summed E-state index contributed by atoms with van der Waals surface area (Å²) >= 11 is 0. The summed E-state index contributed by atoms with van der Waals surface area (Å²) in [5, 5.41) is 30.6. The molecule has 6 atom stereocenters. The van der Waals surface area contributed by atoms with Gasteiger partial charge in [0.2, 0.25) is 6.29 Å². The highest BCUT2D eigenvalue weighted by Gasteiger charge is 2.56. The predicted octanol–water partition coefficient (Wildman–Crippen LogP) is 3.93. The van der Waals surface area contributed by atoms with Crippen LogP contribution in [0.15, 0.2) is 64.4 Å². The van der Waals surface area contributed by atoms with Gasteiger partial charge < -0.3 is 34.4 Å². The zero-order valence-corrected chi connectivity index (χ0v) is 25.0. The van der Waals surface area contributed by atoms with Crippen molar-refractivity contribution in [1.29, 1.82) is 0 Å². The lowest BCUT2D eigenvalue weighted by atomic mass is 9.78. The van der Waals surface area contributed by atoms with Gasteiger partial charge in [0.1, 0.15) is 24.6 Å². The molecule has 6 rings (SSSR count). The summed E-state index contributed by atoms with van der Waals surface area (Å²) in [7, 11) is 2.01. The molecule has 0 amide bonds. The van der Waals surface area contributed by atoms with Gasteiger partial charge in [-0.2, -0.15) is 10.0 Å². The Morgan fingerprint density at radius 2 is 1.74 bits per heavy atom. The molecular formula is C32H36FNO7S. The summed E-state index contributed by atoms with van der Waals surface area (Å²) < 4.78 is 33.7. The van der Waals surface area contributed by atoms with Crippen LogP contribution in [0.5, 0.6) is 5.75 Å². The predicted molar refractivity (Wildman–Crippen MR) is 157 cm³/mol. The molecule has 42 heavy (non-hydrogen) atoms. The second-order valence-corrected chi connectivity index (χ2v) is 15.3. The van der Waals surface area contributed by atoms with Crippen LogP contribution < -0.4 is 9.64 Å². The van der Waals surface area contributed by atoms with Gasteiger partial charge in [-0.3, -0.25) is 0 Å². The topological polar surface area (TPSA) is 109 Å². The highest BCUT2D eigenvalue weighted by Crippen LogP contribution is 2.70. The molecule has 3 aliphatic rings. The van der Waals surface area contributed by atoms with Crippen molar-refractivity contribution in [1.82, 2.24) is 0 Å². The Kier molecular flexibility index (Phi) is 7.06. The van der Waals surface area contributed by atoms with Crippen molar-refractivity contribution in [2.45, 2.75) is 53.6 Å². The summed E-state index contributed by atoms with van der Waals surface area (Å²) in [6.45, 7) is 0.289. The zero-order chi connectivity index (χ0) is 30.1. The van der Waals surface area contributed by atoms with E-state index in [0.29, 0.717) is 22.3 Å². The number of aliphatic hydroxyl groups is 3. The second-order valence-electron chi connectivity index (χ2n) is 11.8. The fourth-order valence-corrected chi connectivity index (χ4v) is 9.49. The van der Waals surface area contributed by atoms with Crippen LogP contribution in [-0.4, -0.2) is 79.1 Å². The second kappa shape index (κ2) is 10.2. The van der Waals surface area contributed by atoms with Gasteiger partial charge in [0.25, 0.3) is 0 Å². The van der Waals surface area contributed by atoms with Crippen LogP contribution in [0.1, 0.15) is 39.5 Å². The van der Waals surface area contributed by atoms with Crippen molar-refractivity contribution < 1.29 is 38.7 Å². The first kappa shape index (κ1) is 28.9. The van der Waals surface area contributed by atoms with E-state index in [1.54, 1.807) is 25.1 Å². The molecule has 1 unspecified atom stereocenters. The molecule has 0 aliphatic carbocycles. The number of hydrogen-bond donors (Lipinski definition) is 3. The fraction of sp³-hybridized carbons (Fsp3) is 0.406. The summed E-state index contributed by atoms with van der Waals surface area (Å²) in [6, 6.07) is 16.9. The number of halogens is 1. The molecule has 8 nitrogen and oxygen atoms in total. The summed E-state index contributed by atoms with van der Waals surface area (Å²) in [5.74, 6) is -0.874. The van der Waals surface area contributed by atoms with Gasteiger partial charge in [0, 0.05) is 57.7 Å². The summed E-state index contributed by atoms with van der Waals surface area (Å²) in [4.78, 5) is 17.0. The lowest BCUT2D eigenvalue weighted by molar-refractivity contribution is -0.256. The van der Waals surface area contributed by atoms with Crippen molar-refractivity contribution >= 4 is 21.7 Å². The van der Waals surface area contributed by atoms with Crippen LogP contribution in [0.4, 0.5) is 10.1 Å². The minimum Gasteiger partial charge on any atom is -0.464 e. The molecule has 0 aromatic heterocycles. The van der Waals surface area contributed by atoms with E-state index in [4.69, 9.17) is 14.2 Å². The third-order valence-corrected chi connectivity index (χ3v) is 11.8. The van der Waals surface area contributed by atoms with Crippen molar-refractivity contribution in [3.05, 3.63) is 82.4 Å². The quantitative estimate of drug-likeness (QED) is 0.380. The largest absolute Gasteiger partial charge is 0.464 e. The van der Waals surface area contributed by atoms with Crippen molar-refractivity contribution in [2.24, 2.45) is 5.92 Å². The number of nitrogens with zero attached hydrogens (tertiary/aromatic N) is 1. The molecule has 1 spiro atoms. The number of hydrogen-bond acceptors (Lipinski definition) is 8. The smallest absolute Gasteiger partial charge is 0.340 e. The van der Waals surface area contributed by atoms with Crippen LogP contribution in [0.25, 0.3) is 0 Å². The van der Waals surface area contributed by atoms with Gasteiger partial charge in [-0.25, -0.2) is 9.18 Å². The van der Waals surface area contributed by atoms with E-state index < -0.39 is 65.4 Å². The fourth-order valence-electron chi connectivity index (χ4n) is 6.56. The number of anilines is 1. The van der Waals surface area contributed by atoms with Crippen LogP contribution in [0.2, 0.25) is 0 Å². The molecule has 0 radical (unpaired) electrons. The van der Waals surface area contributed by atoms with E-state index in [-0.39, 0.29) is 5.75 Å². The number of esters is 1. The van der Waals surface area contributed by atoms with Crippen LogP contribution >= 0.6 is 10.0 Å². The number of ether oxygens (including phenoxy) is 3. The Labute approximate surface area is 246 Å². The average molecular weight is 598 g/mol. The monoisotopic (exact) mass is 597 g/mol. The number of carbonyl (C=O) groups excluding carboxylic acids is 1. The maximum Gasteiger partial charge on any atom is 0.340 e. The molecule has 0 bridgehead atoms. The van der Waals surface area contributed by atoms with E-state index in [2.05, 4.69) is 18.6 Å². The SMILES string of the molecule is C[C@H]1[C@H](Oc2ccc3c(c2CF)S(C)(C)c2cc(N(C)C)ccc2C32OC(=O)c3ccccc32)O[C@H](CO)[C@H](O)[C@@H]1O. The van der Waals surface area contributed by atoms with Gasteiger partial charge in [0.05, 0.1) is 18.3 Å². The molecule has 0 saturated carbocycles. The Balaban J connectivity index is 1.58. The van der Waals surface area contributed by atoms with E-state index in [1.165, 1.54) is 0 Å². The molecule has 1 fully saturated rings. The molecule has 1 saturated heterocycles. The van der Waals surface area contributed by atoms with Gasteiger partial charge in [-0.1, -0.05) is 31.2 Å². The number of benzene rings is 3. The molecule has 224 valence electrons. The molecule has 3 aromatic carbocycles. The van der Waals surface area contributed by atoms with E-state index in [9.17, 15) is 20.1 Å². The standard InChI is InChI=1S/C32H36FNO7S/c1-17-27(36)28(37)25(16-35)40-31(17)39-24-13-12-23-29(20(24)15-33)42(4,5)26-14-18(34(2)3)10-11-22(26)32(23)21-9-7-6-8-19(21)30(38)41-32/h6-14,17,25,27-28,31,35-37H,15-16H2,1-5H3/t17-,25-,27-,28+,31-,32?/m1/s1. The third kappa shape index (κ3) is 4.00. The number of carbonyl (C=O) groups is 1. The maximum absolute atomic E-state index is 15.3. The number of alkyl halides is 1. The van der Waals surface area contributed by atoms with Crippen molar-refractivity contribution in [3.63, 3.8) is 0 Å². The van der Waals surface area contributed by atoms with Crippen LogP contribution in [0.3, 0.4) is 0 Å². The van der Waals surface area contributed by atoms with Crippen molar-refractivity contribution in [3.8, 4) is 5.75 Å². The molecular weight excluding hydrogens is 561 g/mol. The first-order chi connectivity index (χ1) is 20.0. The number of rotatable bonds is 5. The van der Waals surface area contributed by atoms with Gasteiger partial charge in [-0.05, 0) is 42.8 Å². The van der Waals surface area contributed by atoms with Gasteiger partial charge in [-0.15, -0.1) is 0 Å². The Hall–Kier alpha value is -3.15. The molecule has 3 heterocycles. The Morgan fingerprint density at radius 3 is 2.43 bits per heavy atom. The highest BCUT2D eigenvalue weighted by molar-refractivity contribution is 8.32. The van der Waals surface area contributed by atoms with Crippen LogP contribution in [-0.2, 0) is 21.7 Å². The lowest BCUT2D eigenvalue weighted by Gasteiger charge is -2.48. The zero-order valence-electron chi connectivity index (χ0n) is 24.2. The maximum atomic E-state index is 15.3. The first-order valence-electron chi connectivity index (χ1n) is 13.9. The number of fused-ring (bicyclic) bond motifs is 6. The Morgan fingerprint density at radius 1 is 1.02 bits per heavy atom. The molecule has 3 aliphatic heterocycles. The first-order valence-corrected chi connectivity index (χ1v) is 16.3. The highest BCUT2D eigenvalue weighted by atomic mass is 32.3. The Bertz CT molecular complexity index is 1560. The lowest BCUT2D eigenvalue weighted by Crippen LogP contribution is -2.56. The van der Waals surface area contributed by atoms with E-state index in [0.717, 1.165) is 21.0 Å².